The number of aliphatic carboxylic acids is 1. The van der Waals surface area contributed by atoms with Gasteiger partial charge >= 0.3 is 5.97 Å². The van der Waals surface area contributed by atoms with Gasteiger partial charge in [0.25, 0.3) is 0 Å². The summed E-state index contributed by atoms with van der Waals surface area (Å²) in [5, 5.41) is 9.33. The number of benzene rings is 1. The van der Waals surface area contributed by atoms with Gasteiger partial charge in [-0.2, -0.15) is 0 Å². The zero-order valence-corrected chi connectivity index (χ0v) is 11.8. The second kappa shape index (κ2) is 5.18. The monoisotopic (exact) mass is 295 g/mol. The van der Waals surface area contributed by atoms with Gasteiger partial charge in [-0.05, 0) is 37.0 Å². The van der Waals surface area contributed by atoms with E-state index < -0.39 is 11.5 Å². The fourth-order valence-corrected chi connectivity index (χ4v) is 3.39. The molecule has 1 saturated carbocycles. The molecule has 1 aliphatic carbocycles. The summed E-state index contributed by atoms with van der Waals surface area (Å²) in [5.41, 5.74) is 4.93. The number of fused-ring (bicyclic) bond motifs is 1. The highest BCUT2D eigenvalue weighted by Gasteiger charge is 2.48. The minimum absolute atomic E-state index is 0.102. The number of carbonyl (C=O) groups is 1. The first-order chi connectivity index (χ1) is 9.59. The summed E-state index contributed by atoms with van der Waals surface area (Å²) in [6.45, 7) is 1.10. The summed E-state index contributed by atoms with van der Waals surface area (Å²) < 4.78 is 11.0. The van der Waals surface area contributed by atoms with Crippen molar-refractivity contribution in [3.05, 3.63) is 18.2 Å². The molecule has 3 N–H and O–H groups in total. The van der Waals surface area contributed by atoms with Crippen LogP contribution in [-0.2, 0) is 4.79 Å². The average molecular weight is 295 g/mol. The van der Waals surface area contributed by atoms with Crippen molar-refractivity contribution in [3.8, 4) is 11.5 Å². The maximum atomic E-state index is 11.4. The van der Waals surface area contributed by atoms with Crippen LogP contribution in [0.3, 0.4) is 0 Å². The lowest BCUT2D eigenvalue weighted by Gasteiger charge is -2.24. The van der Waals surface area contributed by atoms with E-state index in [4.69, 9.17) is 15.2 Å². The fraction of sp³-hybridized carbons (Fsp3) is 0.500. The smallest absolute Gasteiger partial charge is 0.324 e. The molecule has 0 bridgehead atoms. The van der Waals surface area contributed by atoms with Crippen LogP contribution in [-0.4, -0.2) is 35.6 Å². The van der Waals surface area contributed by atoms with Crippen LogP contribution in [0.25, 0.3) is 0 Å². The van der Waals surface area contributed by atoms with Crippen LogP contribution >= 0.6 is 11.8 Å². The van der Waals surface area contributed by atoms with E-state index in [0.29, 0.717) is 24.7 Å². The topological polar surface area (TPSA) is 81.8 Å². The molecule has 1 unspecified atom stereocenters. The number of nitrogens with two attached hydrogens (primary N) is 1. The van der Waals surface area contributed by atoms with E-state index in [2.05, 4.69) is 0 Å². The Morgan fingerprint density at radius 3 is 2.70 bits per heavy atom. The lowest BCUT2D eigenvalue weighted by atomic mass is 9.98. The summed E-state index contributed by atoms with van der Waals surface area (Å²) in [7, 11) is 0. The quantitative estimate of drug-likeness (QED) is 0.805. The molecule has 5 nitrogen and oxygen atoms in total. The highest BCUT2D eigenvalue weighted by molar-refractivity contribution is 7.99. The maximum Gasteiger partial charge on any atom is 0.324 e. The Morgan fingerprint density at radius 1 is 1.35 bits per heavy atom. The standard InChI is InChI=1S/C14H17NO4S/c15-14(13(16)17,9-1-2-9)8-20-10-3-4-11-12(7-10)19-6-5-18-11/h3-4,7,9H,1-2,5-6,8,15H2,(H,16,17). The predicted molar refractivity (Wildman–Crippen MR) is 75.4 cm³/mol. The third kappa shape index (κ3) is 2.58. The molecule has 0 saturated heterocycles. The molecular formula is C14H17NO4S. The Kier molecular flexibility index (Phi) is 3.52. The summed E-state index contributed by atoms with van der Waals surface area (Å²) >= 11 is 1.46. The van der Waals surface area contributed by atoms with Gasteiger partial charge < -0.3 is 20.3 Å². The Hall–Kier alpha value is -1.40. The Balaban J connectivity index is 1.70. The summed E-state index contributed by atoms with van der Waals surface area (Å²) in [4.78, 5) is 12.3. The number of thioether (sulfide) groups is 1. The van der Waals surface area contributed by atoms with Crippen molar-refractivity contribution in [2.45, 2.75) is 23.3 Å². The molecule has 1 aromatic carbocycles. The van der Waals surface area contributed by atoms with E-state index in [1.165, 1.54) is 11.8 Å². The zero-order chi connectivity index (χ0) is 14.2. The van der Waals surface area contributed by atoms with Crippen molar-refractivity contribution in [1.29, 1.82) is 0 Å². The molecule has 0 aromatic heterocycles. The fourth-order valence-electron chi connectivity index (χ4n) is 2.27. The van der Waals surface area contributed by atoms with Gasteiger partial charge in [0.15, 0.2) is 11.5 Å². The minimum atomic E-state index is -1.13. The van der Waals surface area contributed by atoms with Crippen LogP contribution in [0.2, 0.25) is 0 Å². The summed E-state index contributed by atoms with van der Waals surface area (Å²) in [6, 6.07) is 5.65. The largest absolute Gasteiger partial charge is 0.486 e. The van der Waals surface area contributed by atoms with E-state index >= 15 is 0 Å². The van der Waals surface area contributed by atoms with Gasteiger partial charge in [-0.15, -0.1) is 11.8 Å². The van der Waals surface area contributed by atoms with Crippen LogP contribution in [0.5, 0.6) is 11.5 Å². The lowest BCUT2D eigenvalue weighted by molar-refractivity contribution is -0.143. The molecule has 2 aliphatic rings. The highest BCUT2D eigenvalue weighted by Crippen LogP contribution is 2.42. The van der Waals surface area contributed by atoms with Gasteiger partial charge in [-0.25, -0.2) is 0 Å². The first-order valence-electron chi connectivity index (χ1n) is 6.64. The molecule has 1 heterocycles. The van der Waals surface area contributed by atoms with Crippen LogP contribution in [0.15, 0.2) is 23.1 Å². The minimum Gasteiger partial charge on any atom is -0.486 e. The van der Waals surface area contributed by atoms with Crippen molar-refractivity contribution < 1.29 is 19.4 Å². The predicted octanol–water partition coefficient (Wildman–Crippen LogP) is 1.74. The molecule has 108 valence electrons. The molecule has 1 aliphatic heterocycles. The average Bonchev–Trinajstić information content (AvgIpc) is 3.29. The van der Waals surface area contributed by atoms with Gasteiger partial charge in [0, 0.05) is 10.6 Å². The van der Waals surface area contributed by atoms with E-state index in [1.807, 2.05) is 18.2 Å². The van der Waals surface area contributed by atoms with Crippen LogP contribution in [0.4, 0.5) is 0 Å². The molecule has 1 fully saturated rings. The molecule has 6 heteroatoms. The van der Waals surface area contributed by atoms with E-state index in [-0.39, 0.29) is 5.92 Å². The molecular weight excluding hydrogens is 278 g/mol. The molecule has 0 spiro atoms. The summed E-state index contributed by atoms with van der Waals surface area (Å²) in [6.07, 6.45) is 1.81. The van der Waals surface area contributed by atoms with E-state index in [0.717, 1.165) is 23.5 Å². The van der Waals surface area contributed by atoms with Crippen molar-refractivity contribution in [2.75, 3.05) is 19.0 Å². The normalized spacial score (nSPS) is 20.2. The Morgan fingerprint density at radius 2 is 2.05 bits per heavy atom. The van der Waals surface area contributed by atoms with Crippen molar-refractivity contribution >= 4 is 17.7 Å². The first kappa shape index (κ1) is 13.6. The molecule has 1 aromatic rings. The molecule has 3 rings (SSSR count). The van der Waals surface area contributed by atoms with Gasteiger partial charge in [-0.3, -0.25) is 4.79 Å². The number of hydrogen-bond acceptors (Lipinski definition) is 5. The van der Waals surface area contributed by atoms with Gasteiger partial charge in [0.2, 0.25) is 0 Å². The van der Waals surface area contributed by atoms with Crippen LogP contribution in [0, 0.1) is 5.92 Å². The number of carboxylic acid groups (broad SMARTS) is 1. The third-order valence-corrected chi connectivity index (χ3v) is 4.90. The SMILES string of the molecule is NC(CSc1ccc2c(c1)OCCO2)(C(=O)O)C1CC1. The Labute approximate surface area is 121 Å². The lowest BCUT2D eigenvalue weighted by Crippen LogP contribution is -2.52. The summed E-state index contributed by atoms with van der Waals surface area (Å²) in [5.74, 6) is 1.01. The Bertz CT molecular complexity index is 532. The molecule has 0 amide bonds. The second-order valence-electron chi connectivity index (χ2n) is 5.21. The van der Waals surface area contributed by atoms with E-state index in [9.17, 15) is 9.90 Å². The second-order valence-corrected chi connectivity index (χ2v) is 6.26. The van der Waals surface area contributed by atoms with Crippen LogP contribution in [0.1, 0.15) is 12.8 Å². The van der Waals surface area contributed by atoms with Crippen LogP contribution < -0.4 is 15.2 Å². The third-order valence-electron chi connectivity index (χ3n) is 3.70. The molecule has 1 atom stereocenters. The zero-order valence-electron chi connectivity index (χ0n) is 11.0. The first-order valence-corrected chi connectivity index (χ1v) is 7.63. The van der Waals surface area contributed by atoms with Gasteiger partial charge in [-0.1, -0.05) is 0 Å². The number of rotatable bonds is 5. The van der Waals surface area contributed by atoms with Crippen molar-refractivity contribution in [3.63, 3.8) is 0 Å². The van der Waals surface area contributed by atoms with Crippen molar-refractivity contribution in [2.24, 2.45) is 11.7 Å². The van der Waals surface area contributed by atoms with Crippen molar-refractivity contribution in [1.82, 2.24) is 0 Å². The highest BCUT2D eigenvalue weighted by atomic mass is 32.2. The number of ether oxygens (including phenoxy) is 2. The molecule has 0 radical (unpaired) electrons. The number of hydrogen-bond donors (Lipinski definition) is 2. The van der Waals surface area contributed by atoms with Gasteiger partial charge in [0.1, 0.15) is 18.8 Å². The maximum absolute atomic E-state index is 11.4. The van der Waals surface area contributed by atoms with E-state index in [1.54, 1.807) is 0 Å². The molecule has 20 heavy (non-hydrogen) atoms. The number of carboxylic acids is 1. The van der Waals surface area contributed by atoms with Gasteiger partial charge in [0.05, 0.1) is 0 Å².